The van der Waals surface area contributed by atoms with Crippen LogP contribution in [0.2, 0.25) is 0 Å². The number of carbonyl (C=O) groups is 4. The van der Waals surface area contributed by atoms with E-state index in [-0.39, 0.29) is 45.4 Å². The van der Waals surface area contributed by atoms with Crippen LogP contribution in [-0.4, -0.2) is 91.0 Å². The van der Waals surface area contributed by atoms with Crippen LogP contribution in [0.4, 0.5) is 0 Å². The summed E-state index contributed by atoms with van der Waals surface area (Å²) in [5, 5.41) is 0. The highest BCUT2D eigenvalue weighted by molar-refractivity contribution is 9.11. The van der Waals surface area contributed by atoms with Gasteiger partial charge in [-0.3, -0.25) is 9.05 Å². The minimum absolute atomic E-state index is 0.0201. The minimum Gasteiger partial charge on any atom is -0.460 e. The molecule has 0 fully saturated rings. The first kappa shape index (κ1) is 36.4. The zero-order valence-electron chi connectivity index (χ0n) is 22.1. The summed E-state index contributed by atoms with van der Waals surface area (Å²) in [4.78, 5) is 46.5. The Morgan fingerprint density at radius 1 is 0.610 bits per heavy atom. The lowest BCUT2D eigenvalue weighted by molar-refractivity contribution is -0.141. The van der Waals surface area contributed by atoms with Crippen LogP contribution in [0.25, 0.3) is 0 Å². The Bertz CT molecular complexity index is 1030. The molecule has 1 unspecified atom stereocenters. The third-order valence-corrected chi connectivity index (χ3v) is 6.33. The smallest absolute Gasteiger partial charge is 0.460 e. The first-order valence-electron chi connectivity index (χ1n) is 11.6. The van der Waals surface area contributed by atoms with E-state index in [1.165, 1.54) is 26.4 Å². The number of phosphoric ester groups is 1. The van der Waals surface area contributed by atoms with E-state index in [4.69, 9.17) is 42.0 Å². The Morgan fingerprint density at radius 2 is 0.951 bits per heavy atom. The number of carbonyl (C=O) groups excluding carboxylic acids is 4. The van der Waals surface area contributed by atoms with Crippen molar-refractivity contribution >= 4 is 63.6 Å². The second-order valence-corrected chi connectivity index (χ2v) is 10.6. The molecule has 0 aliphatic heterocycles. The molecule has 0 N–H and O–H groups in total. The molecule has 0 amide bonds. The molecule has 0 radical (unpaired) electrons. The van der Waals surface area contributed by atoms with Crippen molar-refractivity contribution in [2.45, 2.75) is 0 Å². The van der Waals surface area contributed by atoms with Gasteiger partial charge in [0.1, 0.15) is 32.2 Å². The van der Waals surface area contributed by atoms with Gasteiger partial charge in [0.05, 0.1) is 26.4 Å². The summed E-state index contributed by atoms with van der Waals surface area (Å²) >= 11 is 6.55. The van der Waals surface area contributed by atoms with Crippen LogP contribution < -0.4 is 4.52 Å². The zero-order chi connectivity index (χ0) is 30.5. The summed E-state index contributed by atoms with van der Waals surface area (Å²) in [5.74, 6) is -3.19. The van der Waals surface area contributed by atoms with Crippen molar-refractivity contribution in [3.63, 3.8) is 0 Å². The molecule has 1 rings (SSSR count). The maximum Gasteiger partial charge on any atom is 0.530 e. The molecule has 228 valence electrons. The van der Waals surface area contributed by atoms with Crippen LogP contribution in [0.5, 0.6) is 5.75 Å². The molecule has 0 saturated heterocycles. The topological polar surface area (TPSA) is 168 Å². The fraction of sp³-hybridized carbons (Fsp3) is 0.417. The summed E-state index contributed by atoms with van der Waals surface area (Å²) in [6.07, 6.45) is 3.45. The average Bonchev–Trinajstić information content (AvgIpc) is 2.91. The minimum atomic E-state index is -4.33. The molecule has 17 heteroatoms. The predicted molar refractivity (Wildman–Crippen MR) is 148 cm³/mol. The molecule has 1 atom stereocenters. The molecule has 41 heavy (non-hydrogen) atoms. The van der Waals surface area contributed by atoms with Crippen molar-refractivity contribution in [3.05, 3.63) is 51.4 Å². The van der Waals surface area contributed by atoms with E-state index in [9.17, 15) is 23.7 Å². The number of ether oxygens (including phenoxy) is 6. The summed E-state index contributed by atoms with van der Waals surface area (Å²) in [5.41, 5.74) is 0. The number of hydrogen-bond acceptors (Lipinski definition) is 14. The largest absolute Gasteiger partial charge is 0.530 e. The number of esters is 4. The Kier molecular flexibility index (Phi) is 18.8. The van der Waals surface area contributed by atoms with Crippen molar-refractivity contribution in [2.75, 3.05) is 67.1 Å². The quantitative estimate of drug-likeness (QED) is 0.0630. The zero-order valence-corrected chi connectivity index (χ0v) is 26.2. The highest BCUT2D eigenvalue weighted by atomic mass is 79.9. The average molecular weight is 732 g/mol. The fourth-order valence-electron chi connectivity index (χ4n) is 2.30. The van der Waals surface area contributed by atoms with Gasteiger partial charge in [0.25, 0.3) is 0 Å². The maximum atomic E-state index is 13.2. The van der Waals surface area contributed by atoms with E-state index < -0.39 is 44.9 Å². The van der Waals surface area contributed by atoms with E-state index in [2.05, 4.69) is 31.9 Å². The standard InChI is InChI=1S/C24H29Br2O14P/c1-32-7-9-34-21(27)3-5-23(29)36-11-13-38-41(31,40-20-16-18(25)15-19(26)17-20)39-14-12-37-24(30)6-4-22(28)35-10-8-33-2/h3-6,15-17H,7-14H2,1-2H3/b5-3-,6-4+. The van der Waals surface area contributed by atoms with Crippen molar-refractivity contribution in [1.29, 1.82) is 0 Å². The van der Waals surface area contributed by atoms with Gasteiger partial charge >= 0.3 is 31.7 Å². The van der Waals surface area contributed by atoms with Crippen molar-refractivity contribution in [2.24, 2.45) is 0 Å². The van der Waals surface area contributed by atoms with E-state index in [1.807, 2.05) is 0 Å². The van der Waals surface area contributed by atoms with Crippen molar-refractivity contribution in [1.82, 2.24) is 0 Å². The lowest BCUT2D eigenvalue weighted by Gasteiger charge is -2.19. The van der Waals surface area contributed by atoms with Crippen LogP contribution in [0.3, 0.4) is 0 Å². The molecular weight excluding hydrogens is 703 g/mol. The van der Waals surface area contributed by atoms with Gasteiger partial charge in [0.15, 0.2) is 0 Å². The van der Waals surface area contributed by atoms with E-state index >= 15 is 0 Å². The van der Waals surface area contributed by atoms with Gasteiger partial charge in [-0.1, -0.05) is 31.9 Å². The molecule has 0 saturated carbocycles. The van der Waals surface area contributed by atoms with Crippen LogP contribution in [0, 0.1) is 0 Å². The molecule has 1 aromatic rings. The lowest BCUT2D eigenvalue weighted by atomic mass is 10.3. The summed E-state index contributed by atoms with van der Waals surface area (Å²) in [7, 11) is -1.44. The summed E-state index contributed by atoms with van der Waals surface area (Å²) in [6, 6.07) is 4.70. The van der Waals surface area contributed by atoms with Gasteiger partial charge in [-0.25, -0.2) is 23.7 Å². The van der Waals surface area contributed by atoms with Crippen LogP contribution >= 0.6 is 39.7 Å². The number of halogens is 2. The predicted octanol–water partition coefficient (Wildman–Crippen LogP) is 3.31. The first-order valence-corrected chi connectivity index (χ1v) is 14.7. The van der Waals surface area contributed by atoms with Gasteiger partial charge < -0.3 is 32.9 Å². The Hall–Kier alpha value is -2.59. The van der Waals surface area contributed by atoms with Crippen LogP contribution in [0.15, 0.2) is 51.4 Å². The molecule has 1 aromatic carbocycles. The highest BCUT2D eigenvalue weighted by Crippen LogP contribution is 2.50. The SMILES string of the molecule is COCCOC(=O)/C=C\C(=O)OCCOP(=O)(OCCOC(=O)/C=C/C(=O)OCCOC)Oc1cc(Br)cc(Br)c1. The van der Waals surface area contributed by atoms with Crippen molar-refractivity contribution < 1.29 is 65.7 Å². The van der Waals surface area contributed by atoms with Crippen molar-refractivity contribution in [3.8, 4) is 5.75 Å². The second kappa shape index (κ2) is 21.2. The van der Waals surface area contributed by atoms with Crippen LogP contribution in [0.1, 0.15) is 0 Å². The number of benzene rings is 1. The lowest BCUT2D eigenvalue weighted by Crippen LogP contribution is -2.14. The van der Waals surface area contributed by atoms with Gasteiger partial charge in [-0.05, 0) is 18.2 Å². The summed E-state index contributed by atoms with van der Waals surface area (Å²) in [6.45, 7) is -1.14. The molecule has 0 aromatic heterocycles. The fourth-order valence-corrected chi connectivity index (χ4v) is 4.69. The molecule has 0 aliphatic carbocycles. The normalized spacial score (nSPS) is 12.6. The first-order chi connectivity index (χ1) is 19.6. The number of hydrogen-bond donors (Lipinski definition) is 0. The molecular formula is C24H29Br2O14P. The molecule has 0 aliphatic rings. The Balaban J connectivity index is 2.62. The molecule has 0 bridgehead atoms. The third kappa shape index (κ3) is 18.5. The molecule has 14 nitrogen and oxygen atoms in total. The van der Waals surface area contributed by atoms with E-state index in [0.717, 1.165) is 24.3 Å². The van der Waals surface area contributed by atoms with E-state index in [1.54, 1.807) is 6.07 Å². The van der Waals surface area contributed by atoms with Crippen LogP contribution in [-0.2, 0) is 61.2 Å². The number of rotatable bonds is 20. The Labute approximate surface area is 253 Å². The molecule has 0 spiro atoms. The third-order valence-electron chi connectivity index (χ3n) is 3.98. The van der Waals surface area contributed by atoms with Gasteiger partial charge in [-0.2, -0.15) is 0 Å². The monoisotopic (exact) mass is 730 g/mol. The van der Waals surface area contributed by atoms with Gasteiger partial charge in [0, 0.05) is 47.5 Å². The van der Waals surface area contributed by atoms with Gasteiger partial charge in [-0.15, -0.1) is 0 Å². The van der Waals surface area contributed by atoms with E-state index in [0.29, 0.717) is 8.95 Å². The number of methoxy groups -OCH3 is 2. The molecule has 0 heterocycles. The number of phosphoric acid groups is 1. The second-order valence-electron chi connectivity index (χ2n) is 7.13. The Morgan fingerprint density at radius 3 is 1.29 bits per heavy atom. The highest BCUT2D eigenvalue weighted by Gasteiger charge is 2.29. The summed E-state index contributed by atoms with van der Waals surface area (Å²) < 4.78 is 59.1. The van der Waals surface area contributed by atoms with Gasteiger partial charge in [0.2, 0.25) is 0 Å². The maximum absolute atomic E-state index is 13.2.